The molecule has 20 heavy (non-hydrogen) atoms. The first-order chi connectivity index (χ1) is 9.38. The number of carbonyl (C=O) groups excluding carboxylic acids is 1. The van der Waals surface area contributed by atoms with Crippen LogP contribution in [-0.4, -0.2) is 32.6 Å². The molecule has 0 fully saturated rings. The summed E-state index contributed by atoms with van der Waals surface area (Å²) in [6.07, 6.45) is 1.80. The molecule has 2 N–H and O–H groups in total. The Morgan fingerprint density at radius 1 is 1.50 bits per heavy atom. The monoisotopic (exact) mass is 293 g/mol. The van der Waals surface area contributed by atoms with Gasteiger partial charge < -0.3 is 15.0 Å². The quantitative estimate of drug-likeness (QED) is 0.898. The van der Waals surface area contributed by atoms with Gasteiger partial charge in [-0.1, -0.05) is 0 Å². The summed E-state index contributed by atoms with van der Waals surface area (Å²) >= 11 is 1.54. The van der Waals surface area contributed by atoms with Gasteiger partial charge in [0.1, 0.15) is 11.7 Å². The van der Waals surface area contributed by atoms with Gasteiger partial charge >= 0.3 is 5.97 Å². The van der Waals surface area contributed by atoms with Gasteiger partial charge in [-0.2, -0.15) is 0 Å². The van der Waals surface area contributed by atoms with Crippen molar-refractivity contribution in [1.82, 2.24) is 14.9 Å². The minimum Gasteiger partial charge on any atom is -0.480 e. The van der Waals surface area contributed by atoms with Crippen LogP contribution < -0.4 is 5.32 Å². The van der Waals surface area contributed by atoms with E-state index in [4.69, 9.17) is 5.11 Å². The van der Waals surface area contributed by atoms with Crippen LogP contribution in [0.25, 0.3) is 11.3 Å². The topological polar surface area (TPSA) is 84.2 Å². The molecule has 0 bridgehead atoms. The van der Waals surface area contributed by atoms with Crippen molar-refractivity contribution in [3.63, 3.8) is 0 Å². The molecule has 0 aromatic carbocycles. The van der Waals surface area contributed by atoms with Crippen LogP contribution in [-0.2, 0) is 11.8 Å². The highest BCUT2D eigenvalue weighted by Gasteiger charge is 2.18. The highest BCUT2D eigenvalue weighted by molar-refractivity contribution is 7.09. The van der Waals surface area contributed by atoms with Crippen LogP contribution >= 0.6 is 11.3 Å². The van der Waals surface area contributed by atoms with Crippen LogP contribution in [0.4, 0.5) is 0 Å². The fourth-order valence-electron chi connectivity index (χ4n) is 1.76. The Morgan fingerprint density at radius 2 is 2.20 bits per heavy atom. The average Bonchev–Trinajstić information content (AvgIpc) is 2.95. The van der Waals surface area contributed by atoms with Gasteiger partial charge in [-0.25, -0.2) is 4.98 Å². The Hall–Kier alpha value is -2.15. The number of aliphatic carboxylic acids is 1. The zero-order chi connectivity index (χ0) is 14.9. The predicted octanol–water partition coefficient (Wildman–Crippen LogP) is 1.66. The maximum absolute atomic E-state index is 12.0. The van der Waals surface area contributed by atoms with Crippen molar-refractivity contribution in [2.75, 3.05) is 0 Å². The summed E-state index contributed by atoms with van der Waals surface area (Å²) in [7, 11) is 1.74. The lowest BCUT2D eigenvalue weighted by molar-refractivity contribution is -0.138. The molecule has 0 spiro atoms. The van der Waals surface area contributed by atoms with E-state index in [9.17, 15) is 9.59 Å². The number of hydrogen-bond acceptors (Lipinski definition) is 4. The molecule has 0 saturated carbocycles. The SMILES string of the molecule is Cc1nc(-c2cc(C(=O)NC(C)C(=O)O)n(C)c2)cs1. The third-order valence-electron chi connectivity index (χ3n) is 2.87. The predicted molar refractivity (Wildman–Crippen MR) is 75.8 cm³/mol. The minimum atomic E-state index is -1.07. The van der Waals surface area contributed by atoms with Crippen molar-refractivity contribution >= 4 is 23.2 Å². The standard InChI is InChI=1S/C13H15N3O3S/c1-7(13(18)19)14-12(17)11-4-9(5-16(11)3)10-6-20-8(2)15-10/h4-7H,1-3H3,(H,14,17)(H,18,19). The molecule has 1 atom stereocenters. The van der Waals surface area contributed by atoms with Crippen LogP contribution in [0.5, 0.6) is 0 Å². The van der Waals surface area contributed by atoms with E-state index in [1.165, 1.54) is 18.3 Å². The van der Waals surface area contributed by atoms with Crippen LogP contribution in [0, 0.1) is 6.92 Å². The molecule has 1 unspecified atom stereocenters. The second-order valence-corrected chi connectivity index (χ2v) is 5.57. The van der Waals surface area contributed by atoms with Crippen molar-refractivity contribution < 1.29 is 14.7 Å². The van der Waals surface area contributed by atoms with Crippen LogP contribution in [0.2, 0.25) is 0 Å². The lowest BCUT2D eigenvalue weighted by atomic mass is 10.2. The summed E-state index contributed by atoms with van der Waals surface area (Å²) in [5, 5.41) is 14.1. The van der Waals surface area contributed by atoms with Crippen molar-refractivity contribution in [2.24, 2.45) is 7.05 Å². The normalized spacial score (nSPS) is 12.2. The Morgan fingerprint density at radius 3 is 2.75 bits per heavy atom. The van der Waals surface area contributed by atoms with Crippen molar-refractivity contribution in [3.05, 3.63) is 28.3 Å². The van der Waals surface area contributed by atoms with E-state index in [0.29, 0.717) is 5.69 Å². The zero-order valence-electron chi connectivity index (χ0n) is 11.4. The van der Waals surface area contributed by atoms with Crippen LogP contribution in [0.3, 0.4) is 0 Å². The fourth-order valence-corrected chi connectivity index (χ4v) is 2.38. The van der Waals surface area contributed by atoms with Gasteiger partial charge in [-0.05, 0) is 19.9 Å². The first kappa shape index (κ1) is 14.3. The molecular weight excluding hydrogens is 278 g/mol. The first-order valence-electron chi connectivity index (χ1n) is 6.01. The molecule has 1 amide bonds. The Kier molecular flexibility index (Phi) is 3.89. The number of hydrogen-bond donors (Lipinski definition) is 2. The number of carboxylic acid groups (broad SMARTS) is 1. The molecule has 0 radical (unpaired) electrons. The second kappa shape index (κ2) is 5.46. The van der Waals surface area contributed by atoms with Gasteiger partial charge in [0, 0.05) is 24.2 Å². The Labute approximate surface area is 120 Å². The average molecular weight is 293 g/mol. The molecule has 6 nitrogen and oxygen atoms in total. The Bertz CT molecular complexity index is 660. The van der Waals surface area contributed by atoms with Crippen LogP contribution in [0.1, 0.15) is 22.4 Å². The number of aromatic nitrogens is 2. The number of rotatable bonds is 4. The minimum absolute atomic E-state index is 0.402. The summed E-state index contributed by atoms with van der Waals surface area (Å²) in [5.74, 6) is -1.48. The van der Waals surface area contributed by atoms with E-state index >= 15 is 0 Å². The van der Waals surface area contributed by atoms with Gasteiger partial charge in [-0.3, -0.25) is 9.59 Å². The molecule has 2 aromatic heterocycles. The molecule has 0 aliphatic rings. The number of nitrogens with zero attached hydrogens (tertiary/aromatic N) is 2. The van der Waals surface area contributed by atoms with E-state index < -0.39 is 17.9 Å². The van der Waals surface area contributed by atoms with Crippen LogP contribution in [0.15, 0.2) is 17.6 Å². The first-order valence-corrected chi connectivity index (χ1v) is 6.89. The van der Waals surface area contributed by atoms with Crippen molar-refractivity contribution in [3.8, 4) is 11.3 Å². The van der Waals surface area contributed by atoms with Crippen molar-refractivity contribution in [2.45, 2.75) is 19.9 Å². The molecular formula is C13H15N3O3S. The Balaban J connectivity index is 2.23. The summed E-state index contributed by atoms with van der Waals surface area (Å²) in [6, 6.07) is 0.778. The highest BCUT2D eigenvalue weighted by Crippen LogP contribution is 2.23. The third-order valence-corrected chi connectivity index (χ3v) is 3.64. The summed E-state index contributed by atoms with van der Waals surface area (Å²) < 4.78 is 1.66. The van der Waals surface area contributed by atoms with Gasteiger partial charge in [0.05, 0.1) is 10.7 Å². The van der Waals surface area contributed by atoms with E-state index in [1.807, 2.05) is 12.3 Å². The molecule has 0 aliphatic carbocycles. The summed E-state index contributed by atoms with van der Waals surface area (Å²) in [5.41, 5.74) is 2.05. The number of amides is 1. The second-order valence-electron chi connectivity index (χ2n) is 4.51. The highest BCUT2D eigenvalue weighted by atomic mass is 32.1. The van der Waals surface area contributed by atoms with Gasteiger partial charge in [-0.15, -0.1) is 11.3 Å². The molecule has 106 valence electrons. The van der Waals surface area contributed by atoms with E-state index in [1.54, 1.807) is 23.9 Å². The smallest absolute Gasteiger partial charge is 0.325 e. The summed E-state index contributed by atoms with van der Waals surface area (Å²) in [6.45, 7) is 3.34. The number of carbonyl (C=O) groups is 2. The summed E-state index contributed by atoms with van der Waals surface area (Å²) in [4.78, 5) is 27.1. The molecule has 2 heterocycles. The lowest BCUT2D eigenvalue weighted by Gasteiger charge is -2.09. The molecule has 7 heteroatoms. The third kappa shape index (κ3) is 2.88. The lowest BCUT2D eigenvalue weighted by Crippen LogP contribution is -2.38. The largest absolute Gasteiger partial charge is 0.480 e. The zero-order valence-corrected chi connectivity index (χ0v) is 12.2. The van der Waals surface area contributed by atoms with Gasteiger partial charge in [0.15, 0.2) is 0 Å². The fraction of sp³-hybridized carbons (Fsp3) is 0.308. The van der Waals surface area contributed by atoms with E-state index in [0.717, 1.165) is 16.3 Å². The number of carboxylic acids is 1. The number of aryl methyl sites for hydroxylation is 2. The van der Waals surface area contributed by atoms with Gasteiger partial charge in [0.25, 0.3) is 5.91 Å². The van der Waals surface area contributed by atoms with Gasteiger partial charge in [0.2, 0.25) is 0 Å². The van der Waals surface area contributed by atoms with E-state index in [2.05, 4.69) is 10.3 Å². The maximum Gasteiger partial charge on any atom is 0.325 e. The molecule has 0 aliphatic heterocycles. The van der Waals surface area contributed by atoms with E-state index in [-0.39, 0.29) is 0 Å². The molecule has 0 saturated heterocycles. The maximum atomic E-state index is 12.0. The number of thiazole rings is 1. The molecule has 2 aromatic rings. The number of nitrogens with one attached hydrogen (secondary N) is 1. The molecule has 2 rings (SSSR count). The van der Waals surface area contributed by atoms with Crippen molar-refractivity contribution in [1.29, 1.82) is 0 Å².